The predicted molar refractivity (Wildman–Crippen MR) is 316 cm³/mol. The quantitative estimate of drug-likeness (QED) is 0.166. The van der Waals surface area contributed by atoms with E-state index in [2.05, 4.69) is 254 Å². The van der Waals surface area contributed by atoms with Gasteiger partial charge < -0.3 is 18.2 Å². The summed E-state index contributed by atoms with van der Waals surface area (Å²) in [6.07, 6.45) is 0. The molecular weight excluding hydrogens is 939 g/mol. The Morgan fingerprint density at radius 2 is 0.779 bits per heavy atom. The molecule has 77 heavy (non-hydrogen) atoms. The molecule has 0 saturated carbocycles. The Labute approximate surface area is 442 Å². The molecule has 3 aromatic heterocycles. The van der Waals surface area contributed by atoms with Crippen molar-refractivity contribution in [3.63, 3.8) is 0 Å². The summed E-state index contributed by atoms with van der Waals surface area (Å²) in [5, 5.41) is 6.29. The first-order valence-electron chi connectivity index (χ1n) is 26.4. The lowest BCUT2D eigenvalue weighted by molar-refractivity contribution is 0.664. The number of nitrogens with zero attached hydrogens (tertiary/aromatic N) is 1. The van der Waals surface area contributed by atoms with Crippen molar-refractivity contribution >= 4 is 82.9 Å². The first-order valence-corrected chi connectivity index (χ1v) is 26.4. The molecule has 0 amide bonds. The molecule has 358 valence electrons. The molecule has 0 N–H and O–H groups in total. The molecule has 3 heterocycles. The van der Waals surface area contributed by atoms with Gasteiger partial charge in [0, 0.05) is 49.4 Å². The van der Waals surface area contributed by atoms with Gasteiger partial charge in [0.15, 0.2) is 0 Å². The second kappa shape index (κ2) is 15.9. The summed E-state index contributed by atoms with van der Waals surface area (Å²) < 4.78 is 20.9. The molecule has 0 radical (unpaired) electrons. The fraction of sp³-hybridized carbons (Fsp3) is 0.0137. The zero-order chi connectivity index (χ0) is 50.3. The van der Waals surface area contributed by atoms with E-state index in [0.717, 1.165) is 111 Å². The molecule has 17 rings (SSSR count). The van der Waals surface area contributed by atoms with Crippen LogP contribution in [0.25, 0.3) is 121 Å². The van der Waals surface area contributed by atoms with Gasteiger partial charge in [0.1, 0.15) is 33.5 Å². The number of hydrogen-bond acceptors (Lipinski definition) is 4. The summed E-state index contributed by atoms with van der Waals surface area (Å²) in [5.41, 5.74) is 24.3. The number of anilines is 3. The second-order valence-corrected chi connectivity index (χ2v) is 20.6. The summed E-state index contributed by atoms with van der Waals surface area (Å²) in [4.78, 5) is 2.37. The number of furan rings is 3. The van der Waals surface area contributed by atoms with Crippen LogP contribution in [0.4, 0.5) is 17.1 Å². The Balaban J connectivity index is 0.903. The van der Waals surface area contributed by atoms with E-state index in [1.165, 1.54) is 50.1 Å². The average molecular weight is 982 g/mol. The molecular formula is C73H43NO3. The maximum Gasteiger partial charge on any atom is 0.144 e. The SMILES string of the molecule is c1ccc(-c2ccc(N(c3ccc(-c4cccc5c4oc4ccccc45)cc3)c3cccc4oc5c(-c6ccc7c(c6)C6(c8ccccc8-c8ccccc86)c6ccccc6-7)c6c(cc5c34)oc3ccccc36)cc2)cc1. The van der Waals surface area contributed by atoms with Gasteiger partial charge in [-0.05, 0) is 127 Å². The van der Waals surface area contributed by atoms with Gasteiger partial charge in [-0.1, -0.05) is 200 Å². The van der Waals surface area contributed by atoms with Crippen LogP contribution in [0.2, 0.25) is 0 Å². The van der Waals surface area contributed by atoms with E-state index in [4.69, 9.17) is 13.3 Å². The fourth-order valence-electron chi connectivity index (χ4n) is 13.5. The van der Waals surface area contributed by atoms with Crippen LogP contribution in [0.1, 0.15) is 22.3 Å². The minimum Gasteiger partial charge on any atom is -0.456 e. The summed E-state index contributed by atoms with van der Waals surface area (Å²) >= 11 is 0. The monoisotopic (exact) mass is 981 g/mol. The molecule has 12 aromatic carbocycles. The maximum atomic E-state index is 7.38. The van der Waals surface area contributed by atoms with Crippen LogP contribution < -0.4 is 4.90 Å². The number of para-hydroxylation sites is 3. The van der Waals surface area contributed by atoms with Crippen molar-refractivity contribution in [1.29, 1.82) is 0 Å². The number of benzene rings is 12. The third-order valence-electron chi connectivity index (χ3n) is 16.7. The highest BCUT2D eigenvalue weighted by molar-refractivity contribution is 6.26. The van der Waals surface area contributed by atoms with Crippen molar-refractivity contribution in [2.24, 2.45) is 0 Å². The summed E-state index contributed by atoms with van der Waals surface area (Å²) in [7, 11) is 0. The molecule has 0 unspecified atom stereocenters. The van der Waals surface area contributed by atoms with E-state index in [-0.39, 0.29) is 0 Å². The number of fused-ring (bicyclic) bond motifs is 19. The van der Waals surface area contributed by atoms with Crippen LogP contribution in [0.15, 0.2) is 274 Å². The Morgan fingerprint density at radius 3 is 1.48 bits per heavy atom. The molecule has 4 nitrogen and oxygen atoms in total. The number of hydrogen-bond donors (Lipinski definition) is 0. The molecule has 2 aliphatic rings. The molecule has 4 heteroatoms. The topological polar surface area (TPSA) is 42.7 Å². The highest BCUT2D eigenvalue weighted by Crippen LogP contribution is 2.63. The van der Waals surface area contributed by atoms with Crippen LogP contribution in [-0.4, -0.2) is 0 Å². The smallest absolute Gasteiger partial charge is 0.144 e. The molecule has 2 aliphatic carbocycles. The molecule has 1 spiro atoms. The lowest BCUT2D eigenvalue weighted by Crippen LogP contribution is -2.25. The predicted octanol–water partition coefficient (Wildman–Crippen LogP) is 20.2. The maximum absolute atomic E-state index is 7.38. The van der Waals surface area contributed by atoms with Gasteiger partial charge >= 0.3 is 0 Å². The van der Waals surface area contributed by atoms with Crippen molar-refractivity contribution in [2.75, 3.05) is 4.90 Å². The second-order valence-electron chi connectivity index (χ2n) is 20.6. The van der Waals surface area contributed by atoms with Crippen molar-refractivity contribution < 1.29 is 13.3 Å². The van der Waals surface area contributed by atoms with E-state index in [1.807, 2.05) is 12.1 Å². The Bertz CT molecular complexity index is 4860. The third-order valence-corrected chi connectivity index (χ3v) is 16.7. The van der Waals surface area contributed by atoms with Crippen molar-refractivity contribution in [3.8, 4) is 55.6 Å². The average Bonchev–Trinajstić information content (AvgIpc) is 4.48. The van der Waals surface area contributed by atoms with Crippen molar-refractivity contribution in [2.45, 2.75) is 5.41 Å². The summed E-state index contributed by atoms with van der Waals surface area (Å²) in [6.45, 7) is 0. The molecule has 0 atom stereocenters. The zero-order valence-corrected chi connectivity index (χ0v) is 41.5. The minimum absolute atomic E-state index is 0.508. The molecule has 0 aliphatic heterocycles. The first-order chi connectivity index (χ1) is 38.2. The lowest BCUT2D eigenvalue weighted by atomic mass is 9.70. The van der Waals surface area contributed by atoms with Crippen LogP contribution in [-0.2, 0) is 5.41 Å². The standard InChI is InChI=1S/C73H43NO3/c1-2-16-44(17-3-1)45-32-37-48(38-33-45)74(49-39-34-46(35-40-49)50-23-14-24-56-55-21-7-12-29-64(55)76-71(50)56)63-28-15-31-66-69(63)58-43-67-70(57-22-8-13-30-65(57)75-67)68(72(58)77-66)47-36-41-54-53-20-6-11-27-61(53)73(62(54)42-47)59-25-9-4-18-51(59)52-19-5-10-26-60(52)73/h1-43H. The van der Waals surface area contributed by atoms with E-state index in [0.29, 0.717) is 0 Å². The van der Waals surface area contributed by atoms with E-state index >= 15 is 0 Å². The van der Waals surface area contributed by atoms with Crippen molar-refractivity contribution in [1.82, 2.24) is 0 Å². The Hall–Kier alpha value is -10.2. The van der Waals surface area contributed by atoms with Crippen LogP contribution in [0, 0.1) is 0 Å². The molecule has 0 fully saturated rings. The van der Waals surface area contributed by atoms with Gasteiger partial charge in [-0.2, -0.15) is 0 Å². The highest BCUT2D eigenvalue weighted by Gasteiger charge is 2.51. The van der Waals surface area contributed by atoms with Crippen LogP contribution >= 0.6 is 0 Å². The van der Waals surface area contributed by atoms with E-state index in [1.54, 1.807) is 0 Å². The number of rotatable bonds is 6. The van der Waals surface area contributed by atoms with E-state index in [9.17, 15) is 0 Å². The largest absolute Gasteiger partial charge is 0.456 e. The van der Waals surface area contributed by atoms with Gasteiger partial charge in [-0.25, -0.2) is 0 Å². The highest BCUT2D eigenvalue weighted by atomic mass is 16.3. The van der Waals surface area contributed by atoms with Crippen LogP contribution in [0.5, 0.6) is 0 Å². The first kappa shape index (κ1) is 42.2. The van der Waals surface area contributed by atoms with Crippen molar-refractivity contribution in [3.05, 3.63) is 283 Å². The van der Waals surface area contributed by atoms with Gasteiger partial charge in [-0.15, -0.1) is 0 Å². The molecule has 0 saturated heterocycles. The Kier molecular flexibility index (Phi) is 8.73. The normalized spacial score (nSPS) is 13.0. The molecule has 0 bridgehead atoms. The van der Waals surface area contributed by atoms with E-state index < -0.39 is 5.41 Å². The van der Waals surface area contributed by atoms with Gasteiger partial charge in [0.25, 0.3) is 0 Å². The van der Waals surface area contributed by atoms with Gasteiger partial charge in [0.05, 0.1) is 16.5 Å². The molecule has 15 aromatic rings. The fourth-order valence-corrected chi connectivity index (χ4v) is 13.5. The summed E-state index contributed by atoms with van der Waals surface area (Å²) in [6, 6.07) is 94.2. The van der Waals surface area contributed by atoms with Crippen LogP contribution in [0.3, 0.4) is 0 Å². The zero-order valence-electron chi connectivity index (χ0n) is 41.5. The Morgan fingerprint density at radius 1 is 0.273 bits per heavy atom. The summed E-state index contributed by atoms with van der Waals surface area (Å²) in [5.74, 6) is 0. The lowest BCUT2D eigenvalue weighted by Gasteiger charge is -2.30. The third kappa shape index (κ3) is 5.87. The van der Waals surface area contributed by atoms with Gasteiger partial charge in [0.2, 0.25) is 0 Å². The minimum atomic E-state index is -0.508. The van der Waals surface area contributed by atoms with Gasteiger partial charge in [-0.3, -0.25) is 0 Å².